The summed E-state index contributed by atoms with van der Waals surface area (Å²) in [4.78, 5) is 35.2. The highest BCUT2D eigenvalue weighted by molar-refractivity contribution is 5.79. The third-order valence-electron chi connectivity index (χ3n) is 7.56. The maximum atomic E-state index is 14.1. The number of nitrogens with one attached hydrogen (secondary N) is 1. The molecular weight excluding hydrogens is 594 g/mol. The van der Waals surface area contributed by atoms with Gasteiger partial charge in [0, 0.05) is 52.5 Å². The van der Waals surface area contributed by atoms with E-state index in [-0.39, 0.29) is 53.1 Å². The molecule has 250 valence electrons. The molecule has 2 saturated heterocycles. The van der Waals surface area contributed by atoms with Crippen molar-refractivity contribution in [3.63, 3.8) is 0 Å². The second-order valence-electron chi connectivity index (χ2n) is 10.4. The highest BCUT2D eigenvalue weighted by atomic mass is 19.1. The Hall–Kier alpha value is -3.65. The van der Waals surface area contributed by atoms with Crippen LogP contribution in [-0.2, 0) is 35.1 Å². The molecule has 0 spiro atoms. The van der Waals surface area contributed by atoms with Crippen molar-refractivity contribution in [2.75, 3.05) is 68.8 Å². The molecule has 4 atom stereocenters. The summed E-state index contributed by atoms with van der Waals surface area (Å²) in [5.74, 6) is -0.811. The minimum Gasteiger partial charge on any atom is -0.496 e. The summed E-state index contributed by atoms with van der Waals surface area (Å²) in [5.41, 5.74) is 0.459. The summed E-state index contributed by atoms with van der Waals surface area (Å²) in [6, 6.07) is 8.99. The minimum absolute atomic E-state index is 0.0324. The zero-order valence-electron chi connectivity index (χ0n) is 26.7. The first-order valence-corrected chi connectivity index (χ1v) is 14.4. The Balaban J connectivity index is 0.000000259. The Labute approximate surface area is 263 Å². The molecule has 2 aliphatic rings. The Morgan fingerprint density at radius 3 is 1.93 bits per heavy atom. The maximum absolute atomic E-state index is 14.1. The van der Waals surface area contributed by atoms with Crippen LogP contribution in [-0.4, -0.2) is 104 Å². The average molecular weight is 639 g/mol. The molecule has 11 nitrogen and oxygen atoms in total. The summed E-state index contributed by atoms with van der Waals surface area (Å²) in [7, 11) is 8.98. The van der Waals surface area contributed by atoms with Crippen LogP contribution in [0.4, 0.5) is 8.78 Å². The highest BCUT2D eigenvalue weighted by Crippen LogP contribution is 2.27. The lowest BCUT2D eigenvalue weighted by molar-refractivity contribution is -0.150. The van der Waals surface area contributed by atoms with Crippen LogP contribution >= 0.6 is 0 Å². The van der Waals surface area contributed by atoms with Gasteiger partial charge in [-0.3, -0.25) is 19.3 Å². The van der Waals surface area contributed by atoms with Crippen LogP contribution in [0.1, 0.15) is 28.8 Å². The number of benzene rings is 2. The molecule has 2 aromatic rings. The topological polar surface area (TPSA) is 122 Å². The molecule has 4 unspecified atom stereocenters. The third-order valence-corrected chi connectivity index (χ3v) is 7.56. The molecule has 4 rings (SSSR count). The fraction of sp³-hybridized carbons (Fsp3) is 0.531. The van der Waals surface area contributed by atoms with E-state index in [2.05, 4.69) is 10.1 Å². The number of halogens is 2. The fourth-order valence-electron chi connectivity index (χ4n) is 5.12. The van der Waals surface area contributed by atoms with Crippen molar-refractivity contribution in [3.05, 3.63) is 59.2 Å². The van der Waals surface area contributed by atoms with Crippen LogP contribution in [0, 0.1) is 23.5 Å². The van der Waals surface area contributed by atoms with Crippen molar-refractivity contribution < 1.29 is 51.6 Å². The van der Waals surface area contributed by atoms with Gasteiger partial charge in [0.15, 0.2) is 6.29 Å². The third kappa shape index (κ3) is 11.3. The predicted molar refractivity (Wildman–Crippen MR) is 161 cm³/mol. The molecule has 0 bridgehead atoms. The zero-order chi connectivity index (χ0) is 33.4. The van der Waals surface area contributed by atoms with Crippen LogP contribution in [0.3, 0.4) is 0 Å². The van der Waals surface area contributed by atoms with Crippen molar-refractivity contribution in [3.8, 4) is 11.5 Å². The van der Waals surface area contributed by atoms with Gasteiger partial charge in [0.25, 0.3) is 0 Å². The van der Waals surface area contributed by atoms with Gasteiger partial charge in [-0.25, -0.2) is 8.78 Å². The van der Waals surface area contributed by atoms with E-state index in [1.807, 2.05) is 4.90 Å². The van der Waals surface area contributed by atoms with E-state index >= 15 is 0 Å². The van der Waals surface area contributed by atoms with Gasteiger partial charge in [-0.2, -0.15) is 0 Å². The number of rotatable bonds is 9. The molecule has 0 aliphatic carbocycles. The molecule has 2 heterocycles. The number of piperidine rings is 2. The molecule has 2 aliphatic heterocycles. The smallest absolute Gasteiger partial charge is 0.310 e. The van der Waals surface area contributed by atoms with Gasteiger partial charge in [-0.15, -0.1) is 0 Å². The van der Waals surface area contributed by atoms with Gasteiger partial charge < -0.3 is 33.7 Å². The van der Waals surface area contributed by atoms with Gasteiger partial charge >= 0.3 is 11.9 Å². The maximum Gasteiger partial charge on any atom is 0.310 e. The first kappa shape index (κ1) is 37.5. The van der Waals surface area contributed by atoms with Crippen LogP contribution in [0.2, 0.25) is 0 Å². The largest absolute Gasteiger partial charge is 0.496 e. The SMILES string of the molecule is COC(=O)C1CC(OC)CN(Cc2c(F)cccc2OC)C1.COC(=O)C1CNCC(OC)C1.COc1cccc(F)c1C=O. The number of hydrogen-bond acceptors (Lipinski definition) is 11. The van der Waals surface area contributed by atoms with E-state index in [4.69, 9.17) is 23.7 Å². The number of hydrogen-bond donors (Lipinski definition) is 1. The lowest BCUT2D eigenvalue weighted by Crippen LogP contribution is -2.46. The molecule has 13 heteroatoms. The first-order chi connectivity index (χ1) is 21.6. The Bertz CT molecular complexity index is 1230. The summed E-state index contributed by atoms with van der Waals surface area (Å²) >= 11 is 0. The van der Waals surface area contributed by atoms with Gasteiger partial charge in [0.1, 0.15) is 23.1 Å². The minimum atomic E-state index is -0.556. The fourth-order valence-corrected chi connectivity index (χ4v) is 5.12. The predicted octanol–water partition coefficient (Wildman–Crippen LogP) is 3.27. The van der Waals surface area contributed by atoms with Crippen LogP contribution in [0.15, 0.2) is 36.4 Å². The lowest BCUT2D eigenvalue weighted by Gasteiger charge is -2.36. The highest BCUT2D eigenvalue weighted by Gasteiger charge is 2.33. The van der Waals surface area contributed by atoms with Crippen LogP contribution in [0.25, 0.3) is 0 Å². The van der Waals surface area contributed by atoms with E-state index in [1.165, 1.54) is 52.7 Å². The van der Waals surface area contributed by atoms with Crippen LogP contribution < -0.4 is 14.8 Å². The van der Waals surface area contributed by atoms with Crippen molar-refractivity contribution in [2.24, 2.45) is 11.8 Å². The van der Waals surface area contributed by atoms with Gasteiger partial charge in [-0.05, 0) is 37.1 Å². The van der Waals surface area contributed by atoms with Crippen molar-refractivity contribution >= 4 is 18.2 Å². The zero-order valence-corrected chi connectivity index (χ0v) is 26.7. The van der Waals surface area contributed by atoms with E-state index in [9.17, 15) is 23.2 Å². The van der Waals surface area contributed by atoms with Crippen molar-refractivity contribution in [1.82, 2.24) is 10.2 Å². The summed E-state index contributed by atoms with van der Waals surface area (Å²) in [5, 5.41) is 3.13. The van der Waals surface area contributed by atoms with E-state index in [1.54, 1.807) is 26.4 Å². The molecule has 0 aromatic heterocycles. The van der Waals surface area contributed by atoms with Crippen molar-refractivity contribution in [1.29, 1.82) is 0 Å². The standard InChI is InChI=1S/C16H22FNO4.C8H7FO2.C8H15NO3/c1-20-12-7-11(16(19)22-3)8-18(9-12)10-13-14(17)5-4-6-15(13)21-2;1-11-8-4-2-3-7(9)6(8)5-10;1-11-7-3-6(4-9-5-7)8(10)12-2/h4-6,11-12H,7-10H2,1-3H3;2-5H,1H3;6-7,9H,3-5H2,1-2H3. The molecule has 0 saturated carbocycles. The summed E-state index contributed by atoms with van der Waals surface area (Å²) < 4.78 is 56.8. The molecule has 0 amide bonds. The van der Waals surface area contributed by atoms with E-state index in [0.29, 0.717) is 50.2 Å². The van der Waals surface area contributed by atoms with Gasteiger partial charge in [0.2, 0.25) is 0 Å². The number of aldehydes is 1. The molecule has 1 N–H and O–H groups in total. The van der Waals surface area contributed by atoms with Crippen molar-refractivity contribution in [2.45, 2.75) is 31.6 Å². The lowest BCUT2D eigenvalue weighted by atomic mass is 9.95. The number of carbonyl (C=O) groups is 3. The number of methoxy groups -OCH3 is 6. The van der Waals surface area contributed by atoms with Gasteiger partial charge in [0.05, 0.1) is 58.0 Å². The number of carbonyl (C=O) groups excluding carboxylic acids is 3. The number of likely N-dealkylation sites (tertiary alicyclic amines) is 1. The molecule has 45 heavy (non-hydrogen) atoms. The molecule has 2 aromatic carbocycles. The van der Waals surface area contributed by atoms with Crippen LogP contribution in [0.5, 0.6) is 11.5 Å². The molecule has 0 radical (unpaired) electrons. The Kier molecular flexibility index (Phi) is 16.4. The molecular formula is C32H44F2N2O9. The Morgan fingerprint density at radius 2 is 1.38 bits per heavy atom. The van der Waals surface area contributed by atoms with Gasteiger partial charge in [-0.1, -0.05) is 12.1 Å². The normalized spacial score (nSPS) is 21.2. The quantitative estimate of drug-likeness (QED) is 0.322. The summed E-state index contributed by atoms with van der Waals surface area (Å²) in [6.45, 7) is 3.05. The second kappa shape index (κ2) is 19.7. The first-order valence-electron chi connectivity index (χ1n) is 14.4. The number of nitrogens with zero attached hydrogens (tertiary/aromatic N) is 1. The van der Waals surface area contributed by atoms with E-state index in [0.717, 1.165) is 13.0 Å². The molecule has 2 fully saturated rings. The number of esters is 2. The van der Waals surface area contributed by atoms with E-state index < -0.39 is 5.82 Å². The monoisotopic (exact) mass is 638 g/mol. The average Bonchev–Trinajstić information content (AvgIpc) is 3.08. The second-order valence-corrected chi connectivity index (χ2v) is 10.4. The summed E-state index contributed by atoms with van der Waals surface area (Å²) in [6.07, 6.45) is 1.89. The Morgan fingerprint density at radius 1 is 0.800 bits per heavy atom. The number of ether oxygens (including phenoxy) is 6.